The summed E-state index contributed by atoms with van der Waals surface area (Å²) >= 11 is 0. The first-order valence-electron chi connectivity index (χ1n) is 15.4. The minimum Gasteiger partial charge on any atom is -0.446 e. The van der Waals surface area contributed by atoms with Gasteiger partial charge in [0.1, 0.15) is 12.2 Å². The van der Waals surface area contributed by atoms with Gasteiger partial charge in [-0.15, -0.1) is 0 Å². The van der Waals surface area contributed by atoms with Gasteiger partial charge in [0.15, 0.2) is 0 Å². The number of urea groups is 1. The van der Waals surface area contributed by atoms with Crippen LogP contribution in [-0.2, 0) is 9.47 Å². The molecule has 0 saturated heterocycles. The van der Waals surface area contributed by atoms with E-state index in [1.54, 1.807) is 0 Å². The largest absolute Gasteiger partial charge is 0.446 e. The van der Waals surface area contributed by atoms with Crippen molar-refractivity contribution >= 4 is 18.2 Å². The maximum Gasteiger partial charge on any atom is 0.407 e. The summed E-state index contributed by atoms with van der Waals surface area (Å²) in [6.45, 7) is 4.30. The van der Waals surface area contributed by atoms with Crippen molar-refractivity contribution in [3.05, 3.63) is 0 Å². The van der Waals surface area contributed by atoms with E-state index < -0.39 is 0 Å². The Morgan fingerprint density at radius 3 is 1.32 bits per heavy atom. The van der Waals surface area contributed by atoms with Crippen LogP contribution in [0, 0.1) is 11.8 Å². The average Bonchev–Trinajstić information content (AvgIpc) is 2.89. The number of carbonyl (C=O) groups is 3. The molecule has 9 heteroatoms. The molecular weight excluding hydrogens is 484 g/mol. The Hall–Kier alpha value is -2.19. The predicted octanol–water partition coefficient (Wildman–Crippen LogP) is 5.52. The van der Waals surface area contributed by atoms with E-state index in [0.717, 1.165) is 77.0 Å². The van der Waals surface area contributed by atoms with E-state index in [2.05, 4.69) is 35.1 Å². The minimum atomic E-state index is -0.323. The zero-order valence-electron chi connectivity index (χ0n) is 23.5. The molecule has 0 aromatic heterocycles. The molecule has 4 amide bonds. The summed E-state index contributed by atoms with van der Waals surface area (Å²) in [6.07, 6.45) is 15.3. The molecule has 4 aliphatic carbocycles. The Balaban J connectivity index is 1.18. The Bertz CT molecular complexity index is 721. The van der Waals surface area contributed by atoms with Crippen LogP contribution in [0.3, 0.4) is 0 Å². The van der Waals surface area contributed by atoms with Gasteiger partial charge in [-0.3, -0.25) is 0 Å². The van der Waals surface area contributed by atoms with Crippen LogP contribution in [0.15, 0.2) is 0 Å². The fraction of sp³-hybridized carbons (Fsp3) is 0.897. The lowest BCUT2D eigenvalue weighted by molar-refractivity contribution is 0.0679. The van der Waals surface area contributed by atoms with Gasteiger partial charge < -0.3 is 30.7 Å². The van der Waals surface area contributed by atoms with E-state index in [9.17, 15) is 14.4 Å². The van der Waals surface area contributed by atoms with Gasteiger partial charge in [0.25, 0.3) is 0 Å². The van der Waals surface area contributed by atoms with Crippen LogP contribution < -0.4 is 21.3 Å². The number of amides is 4. The summed E-state index contributed by atoms with van der Waals surface area (Å²) in [5, 5.41) is 12.4. The minimum absolute atomic E-state index is 0.00749. The van der Waals surface area contributed by atoms with E-state index in [0.29, 0.717) is 24.7 Å². The highest BCUT2D eigenvalue weighted by Gasteiger charge is 2.33. The monoisotopic (exact) mass is 534 g/mol. The van der Waals surface area contributed by atoms with Gasteiger partial charge in [-0.1, -0.05) is 26.7 Å². The topological polar surface area (TPSA) is 118 Å². The molecule has 0 spiro atoms. The van der Waals surface area contributed by atoms with Crippen molar-refractivity contribution in [3.63, 3.8) is 0 Å². The van der Waals surface area contributed by atoms with Gasteiger partial charge in [0, 0.05) is 24.2 Å². The second-order valence-electron chi connectivity index (χ2n) is 12.4. The number of hydrogen-bond acceptors (Lipinski definition) is 5. The predicted molar refractivity (Wildman–Crippen MR) is 146 cm³/mol. The van der Waals surface area contributed by atoms with Crippen LogP contribution in [0.2, 0.25) is 0 Å². The highest BCUT2D eigenvalue weighted by atomic mass is 16.6. The summed E-state index contributed by atoms with van der Waals surface area (Å²) in [5.74, 6) is 0.685. The number of nitrogens with one attached hydrogen (secondary N) is 4. The van der Waals surface area contributed by atoms with Crippen LogP contribution >= 0.6 is 0 Å². The van der Waals surface area contributed by atoms with Crippen molar-refractivity contribution in [1.82, 2.24) is 21.3 Å². The molecule has 0 aromatic carbocycles. The number of ether oxygens (including phenoxy) is 2. The fourth-order valence-electron chi connectivity index (χ4n) is 6.76. The van der Waals surface area contributed by atoms with Crippen LogP contribution in [0.25, 0.3) is 0 Å². The molecule has 216 valence electrons. The Kier molecular flexibility index (Phi) is 10.8. The Morgan fingerprint density at radius 2 is 0.921 bits per heavy atom. The first-order valence-corrected chi connectivity index (χ1v) is 15.4. The number of rotatable bonds is 6. The molecule has 0 bridgehead atoms. The molecule has 0 aliphatic heterocycles. The lowest BCUT2D eigenvalue weighted by atomic mass is 9.82. The lowest BCUT2D eigenvalue weighted by Crippen LogP contribution is -2.54. The second-order valence-corrected chi connectivity index (χ2v) is 12.4. The maximum absolute atomic E-state index is 12.9. The lowest BCUT2D eigenvalue weighted by Gasteiger charge is -2.37. The fourth-order valence-corrected chi connectivity index (χ4v) is 6.76. The first kappa shape index (κ1) is 28.8. The van der Waals surface area contributed by atoms with Gasteiger partial charge >= 0.3 is 18.2 Å². The smallest absolute Gasteiger partial charge is 0.407 e. The standard InChI is InChI=1S/C29H50N4O5/c1-19-13-15-21(17-25(19)32-28(35)37-23-9-5-3-6-10-23)30-27(34)31-22-16-14-20(2)26(18-22)33-29(36)38-24-11-7-4-8-12-24/h19-26H,3-18H2,1-2H3,(H,32,35)(H,33,36)(H2,30,31,34). The van der Waals surface area contributed by atoms with E-state index in [-0.39, 0.29) is 54.6 Å². The molecule has 0 aromatic rings. The number of carbonyl (C=O) groups excluding carboxylic acids is 3. The Labute approximate surface area is 228 Å². The molecule has 4 aliphatic rings. The highest BCUT2D eigenvalue weighted by molar-refractivity contribution is 5.74. The SMILES string of the molecule is CC1CCC(NC(=O)NC2CCC(C)C(NC(=O)OC3CCCCC3)C2)CC1NC(=O)OC1CCCCC1. The van der Waals surface area contributed by atoms with Crippen molar-refractivity contribution in [3.8, 4) is 0 Å². The summed E-state index contributed by atoms with van der Waals surface area (Å²) in [5.41, 5.74) is 0. The van der Waals surface area contributed by atoms with Crippen molar-refractivity contribution in [2.45, 2.75) is 153 Å². The van der Waals surface area contributed by atoms with Gasteiger partial charge in [-0.2, -0.15) is 0 Å². The van der Waals surface area contributed by atoms with E-state index in [1.807, 2.05) is 0 Å². The summed E-state index contributed by atoms with van der Waals surface area (Å²) < 4.78 is 11.3. The summed E-state index contributed by atoms with van der Waals surface area (Å²) in [6, 6.07) is -0.175. The molecule has 0 heterocycles. The van der Waals surface area contributed by atoms with Gasteiger partial charge in [-0.05, 0) is 102 Å². The zero-order valence-corrected chi connectivity index (χ0v) is 23.5. The molecule has 4 fully saturated rings. The van der Waals surface area contributed by atoms with E-state index in [4.69, 9.17) is 9.47 Å². The maximum atomic E-state index is 12.9. The van der Waals surface area contributed by atoms with Crippen molar-refractivity contribution < 1.29 is 23.9 Å². The molecule has 4 N–H and O–H groups in total. The van der Waals surface area contributed by atoms with Crippen LogP contribution in [0.1, 0.15) is 117 Å². The van der Waals surface area contributed by atoms with Crippen molar-refractivity contribution in [2.75, 3.05) is 0 Å². The third kappa shape index (κ3) is 8.94. The third-order valence-electron chi connectivity index (χ3n) is 9.32. The first-order chi connectivity index (χ1) is 18.4. The molecule has 38 heavy (non-hydrogen) atoms. The van der Waals surface area contributed by atoms with Gasteiger partial charge in [0.2, 0.25) is 0 Å². The van der Waals surface area contributed by atoms with E-state index >= 15 is 0 Å². The average molecular weight is 535 g/mol. The highest BCUT2D eigenvalue weighted by Crippen LogP contribution is 2.27. The third-order valence-corrected chi connectivity index (χ3v) is 9.32. The van der Waals surface area contributed by atoms with Crippen LogP contribution in [0.4, 0.5) is 14.4 Å². The second kappa shape index (κ2) is 14.3. The van der Waals surface area contributed by atoms with Gasteiger partial charge in [-0.25, -0.2) is 14.4 Å². The molecule has 6 unspecified atom stereocenters. The number of alkyl carbamates (subject to hydrolysis) is 2. The molecule has 4 rings (SSSR count). The molecular formula is C29H50N4O5. The normalized spacial score (nSPS) is 33.0. The quantitative estimate of drug-likeness (QED) is 0.358. The number of hydrogen-bond donors (Lipinski definition) is 4. The molecule has 4 saturated carbocycles. The van der Waals surface area contributed by atoms with E-state index in [1.165, 1.54) is 12.8 Å². The molecule has 0 radical (unpaired) electrons. The van der Waals surface area contributed by atoms with Crippen molar-refractivity contribution in [1.29, 1.82) is 0 Å². The summed E-state index contributed by atoms with van der Waals surface area (Å²) in [7, 11) is 0. The van der Waals surface area contributed by atoms with Crippen LogP contribution in [-0.4, -0.2) is 54.6 Å². The van der Waals surface area contributed by atoms with Crippen molar-refractivity contribution in [2.24, 2.45) is 11.8 Å². The van der Waals surface area contributed by atoms with Gasteiger partial charge in [0.05, 0.1) is 0 Å². The molecule has 9 nitrogen and oxygen atoms in total. The molecule has 6 atom stereocenters. The summed E-state index contributed by atoms with van der Waals surface area (Å²) in [4.78, 5) is 37.9. The zero-order chi connectivity index (χ0) is 26.9. The Morgan fingerprint density at radius 1 is 0.526 bits per heavy atom. The van der Waals surface area contributed by atoms with Crippen LogP contribution in [0.5, 0.6) is 0 Å².